The normalized spacial score (nSPS) is 11.3. The maximum absolute atomic E-state index is 11.0. The van der Waals surface area contributed by atoms with Gasteiger partial charge in [-0.2, -0.15) is 0 Å². The molecule has 0 fully saturated rings. The zero-order valence-electron chi connectivity index (χ0n) is 13.8. The zero-order valence-corrected chi connectivity index (χ0v) is 14.5. The molecule has 0 radical (unpaired) electrons. The monoisotopic (exact) mass is 361 g/mol. The van der Waals surface area contributed by atoms with Crippen LogP contribution in [0, 0.1) is 0 Å². The highest BCUT2D eigenvalue weighted by atomic mass is 35.5. The Morgan fingerprint density at radius 2 is 1.76 bits per heavy atom. The van der Waals surface area contributed by atoms with E-state index in [1.54, 1.807) is 24.3 Å². The highest BCUT2D eigenvalue weighted by Gasteiger charge is 2.13. The van der Waals surface area contributed by atoms with Crippen molar-refractivity contribution in [2.24, 2.45) is 5.73 Å². The Labute approximate surface area is 151 Å². The molecule has 6 heteroatoms. The Bertz CT molecular complexity index is 699. The Morgan fingerprint density at radius 3 is 2.28 bits per heavy atom. The number of ether oxygens (including phenoxy) is 1. The van der Waals surface area contributed by atoms with E-state index in [2.05, 4.69) is 4.74 Å². The summed E-state index contributed by atoms with van der Waals surface area (Å²) in [5, 5.41) is 8.96. The minimum Gasteiger partial charge on any atom is -0.478 e. The summed E-state index contributed by atoms with van der Waals surface area (Å²) in [5.74, 6) is -1.33. The van der Waals surface area contributed by atoms with Crippen LogP contribution in [0.2, 0.25) is 5.02 Å². The molecule has 5 nitrogen and oxygen atoms in total. The summed E-state index contributed by atoms with van der Waals surface area (Å²) in [6.07, 6.45) is 3.12. The number of nitrogens with two attached hydrogens (primary N) is 1. The summed E-state index contributed by atoms with van der Waals surface area (Å²) in [6, 6.07) is 16.0. The molecule has 0 aromatic heterocycles. The number of carbonyl (C=O) groups is 2. The lowest BCUT2D eigenvalue weighted by Gasteiger charge is -2.08. The van der Waals surface area contributed by atoms with Gasteiger partial charge < -0.3 is 15.6 Å². The summed E-state index contributed by atoms with van der Waals surface area (Å²) < 4.78 is 4.52. The highest BCUT2D eigenvalue weighted by molar-refractivity contribution is 6.30. The van der Waals surface area contributed by atoms with E-state index in [1.165, 1.54) is 13.2 Å². The highest BCUT2D eigenvalue weighted by Crippen LogP contribution is 2.10. The van der Waals surface area contributed by atoms with Gasteiger partial charge in [-0.25, -0.2) is 4.79 Å². The van der Waals surface area contributed by atoms with E-state index in [0.29, 0.717) is 11.4 Å². The minimum atomic E-state index is -0.954. The van der Waals surface area contributed by atoms with E-state index in [1.807, 2.05) is 30.3 Å². The van der Waals surface area contributed by atoms with Crippen molar-refractivity contribution in [3.05, 3.63) is 76.8 Å². The number of aliphatic carboxylic acids is 1. The first-order chi connectivity index (χ1) is 11.9. The van der Waals surface area contributed by atoms with Gasteiger partial charge in [-0.15, -0.1) is 0 Å². The first-order valence-corrected chi connectivity index (χ1v) is 7.84. The maximum atomic E-state index is 11.0. The van der Waals surface area contributed by atoms with Gasteiger partial charge in [0.1, 0.15) is 6.04 Å². The summed E-state index contributed by atoms with van der Waals surface area (Å²) in [4.78, 5) is 21.1. The standard InChI is InChI=1S/C10H13NO2.C9H7ClO2/c1-13-10(12)9(11)7-8-5-3-2-4-6-8;10-8-4-1-7(2-5-8)3-6-9(11)12/h2-6,9H,7,11H2,1H3;1-6H,(H,11,12)/b;6-3+/t9-;/m0./s1. The lowest BCUT2D eigenvalue weighted by atomic mass is 10.1. The van der Waals surface area contributed by atoms with Crippen molar-refractivity contribution >= 4 is 29.6 Å². The number of methoxy groups -OCH3 is 1. The van der Waals surface area contributed by atoms with E-state index < -0.39 is 12.0 Å². The van der Waals surface area contributed by atoms with Crippen molar-refractivity contribution in [2.75, 3.05) is 7.11 Å². The van der Waals surface area contributed by atoms with Gasteiger partial charge >= 0.3 is 11.9 Å². The number of carbonyl (C=O) groups excluding carboxylic acids is 1. The molecule has 1 atom stereocenters. The fraction of sp³-hybridized carbons (Fsp3) is 0.158. The number of rotatable bonds is 5. The molecule has 132 valence electrons. The second-order valence-corrected chi connectivity index (χ2v) is 5.48. The van der Waals surface area contributed by atoms with Crippen LogP contribution < -0.4 is 5.73 Å². The third-order valence-electron chi connectivity index (χ3n) is 3.09. The molecule has 25 heavy (non-hydrogen) atoms. The molecule has 0 unspecified atom stereocenters. The third kappa shape index (κ3) is 8.69. The molecule has 0 saturated carbocycles. The topological polar surface area (TPSA) is 89.6 Å². The number of carboxylic acids is 1. The van der Waals surface area contributed by atoms with Crippen LogP contribution in [0.4, 0.5) is 0 Å². The van der Waals surface area contributed by atoms with Crippen LogP contribution >= 0.6 is 11.6 Å². The number of esters is 1. The second-order valence-electron chi connectivity index (χ2n) is 5.04. The predicted octanol–water partition coefficient (Wildman–Crippen LogP) is 3.17. The van der Waals surface area contributed by atoms with Gasteiger partial charge in [-0.3, -0.25) is 4.79 Å². The minimum absolute atomic E-state index is 0.371. The molecule has 0 heterocycles. The van der Waals surface area contributed by atoms with Gasteiger partial charge in [0.2, 0.25) is 0 Å². The van der Waals surface area contributed by atoms with E-state index in [9.17, 15) is 9.59 Å². The van der Waals surface area contributed by atoms with Crippen LogP contribution in [-0.2, 0) is 20.7 Å². The van der Waals surface area contributed by atoms with Crippen molar-refractivity contribution in [3.8, 4) is 0 Å². The third-order valence-corrected chi connectivity index (χ3v) is 3.34. The molecule has 0 aliphatic rings. The van der Waals surface area contributed by atoms with Crippen LogP contribution in [-0.4, -0.2) is 30.2 Å². The molecule has 2 aromatic carbocycles. The average Bonchev–Trinajstić information content (AvgIpc) is 2.62. The van der Waals surface area contributed by atoms with Crippen LogP contribution in [0.25, 0.3) is 6.08 Å². The molecule has 0 aliphatic heterocycles. The quantitative estimate of drug-likeness (QED) is 0.630. The number of benzene rings is 2. The van der Waals surface area contributed by atoms with Crippen molar-refractivity contribution in [1.29, 1.82) is 0 Å². The molecule has 0 amide bonds. The summed E-state index contributed by atoms with van der Waals surface area (Å²) in [7, 11) is 1.34. The summed E-state index contributed by atoms with van der Waals surface area (Å²) in [5.41, 5.74) is 7.45. The van der Waals surface area contributed by atoms with Gasteiger partial charge in [0.25, 0.3) is 0 Å². The molecule has 2 rings (SSSR count). The first kappa shape index (κ1) is 20.4. The van der Waals surface area contributed by atoms with Gasteiger partial charge in [0, 0.05) is 11.1 Å². The predicted molar refractivity (Wildman–Crippen MR) is 98.3 cm³/mol. The number of hydrogen-bond acceptors (Lipinski definition) is 4. The van der Waals surface area contributed by atoms with Crippen molar-refractivity contribution in [3.63, 3.8) is 0 Å². The lowest BCUT2D eigenvalue weighted by Crippen LogP contribution is -2.33. The Kier molecular flexibility index (Phi) is 9.00. The van der Waals surface area contributed by atoms with Crippen molar-refractivity contribution in [2.45, 2.75) is 12.5 Å². The molecule has 3 N–H and O–H groups in total. The molecule has 2 aromatic rings. The van der Waals surface area contributed by atoms with Crippen LogP contribution in [0.15, 0.2) is 60.7 Å². The molecule has 0 spiro atoms. The fourth-order valence-electron chi connectivity index (χ4n) is 1.84. The van der Waals surface area contributed by atoms with Crippen LogP contribution in [0.5, 0.6) is 0 Å². The number of halogens is 1. The average molecular weight is 362 g/mol. The van der Waals surface area contributed by atoms with Gasteiger partial charge in [0.05, 0.1) is 7.11 Å². The second kappa shape index (κ2) is 11.0. The summed E-state index contributed by atoms with van der Waals surface area (Å²) in [6.45, 7) is 0. The van der Waals surface area contributed by atoms with E-state index >= 15 is 0 Å². The van der Waals surface area contributed by atoms with Crippen molar-refractivity contribution < 1.29 is 19.4 Å². The number of hydrogen-bond donors (Lipinski definition) is 2. The Morgan fingerprint density at radius 1 is 1.16 bits per heavy atom. The zero-order chi connectivity index (χ0) is 18.7. The largest absolute Gasteiger partial charge is 0.478 e. The van der Waals surface area contributed by atoms with E-state index in [0.717, 1.165) is 17.2 Å². The van der Waals surface area contributed by atoms with E-state index in [4.69, 9.17) is 22.4 Å². The Balaban J connectivity index is 0.000000251. The molecule has 0 aliphatic carbocycles. The summed E-state index contributed by atoms with van der Waals surface area (Å²) >= 11 is 5.63. The maximum Gasteiger partial charge on any atom is 0.328 e. The smallest absolute Gasteiger partial charge is 0.328 e. The SMILES string of the molecule is COC(=O)[C@@H](N)Cc1ccccc1.O=C(O)/C=C/c1ccc(Cl)cc1. The lowest BCUT2D eigenvalue weighted by molar-refractivity contribution is -0.142. The van der Waals surface area contributed by atoms with Crippen molar-refractivity contribution in [1.82, 2.24) is 0 Å². The van der Waals surface area contributed by atoms with Gasteiger partial charge in [-0.1, -0.05) is 54.1 Å². The first-order valence-electron chi connectivity index (χ1n) is 7.46. The van der Waals surface area contributed by atoms with Gasteiger partial charge in [-0.05, 0) is 35.8 Å². The van der Waals surface area contributed by atoms with Gasteiger partial charge in [0.15, 0.2) is 0 Å². The Hall–Kier alpha value is -2.63. The van der Waals surface area contributed by atoms with Crippen LogP contribution in [0.3, 0.4) is 0 Å². The molecular formula is C19H20ClNO4. The molecular weight excluding hydrogens is 342 g/mol. The molecule has 0 bridgehead atoms. The van der Waals surface area contributed by atoms with Crippen LogP contribution in [0.1, 0.15) is 11.1 Å². The number of carboxylic acid groups (broad SMARTS) is 1. The molecule has 0 saturated heterocycles. The van der Waals surface area contributed by atoms with E-state index in [-0.39, 0.29) is 5.97 Å². The fourth-order valence-corrected chi connectivity index (χ4v) is 1.97.